The molecular formula is C26H29ClN6O8S2. The normalized spacial score (nSPS) is 18.5. The molecule has 17 heteroatoms. The first-order valence-corrected chi connectivity index (χ1v) is 15.6. The van der Waals surface area contributed by atoms with Crippen molar-refractivity contribution in [2.24, 2.45) is 0 Å². The van der Waals surface area contributed by atoms with E-state index in [2.05, 4.69) is 26.0 Å². The smallest absolute Gasteiger partial charge is 0.352 e. The number of thioether (sulfide) groups is 2. The van der Waals surface area contributed by atoms with Gasteiger partial charge in [-0.1, -0.05) is 54.4 Å². The van der Waals surface area contributed by atoms with E-state index in [4.69, 9.17) is 16.4 Å². The standard InChI is InChI=1S/C26H29ClN6O8S2/c1-3-4-5-17(34)41-28-9-16-29-26(32-31-16)43-11-13-10-42-23-19(22(36)33(23)20(13)25(39)40)30-21(35)18(24(37)38)14-8-12(2)6-7-15(14)27/h6-8,18-19,23,28H,3-5,9-11H2,1-2H3,(H,30,35)(H,37,38)(H,39,40)(H,29,31,32)/t18?,19?,23-/m1/s1. The van der Waals surface area contributed by atoms with Crippen LogP contribution in [-0.2, 0) is 35.4 Å². The molecule has 230 valence electrons. The largest absolute Gasteiger partial charge is 0.480 e. The zero-order valence-corrected chi connectivity index (χ0v) is 25.5. The van der Waals surface area contributed by atoms with Crippen molar-refractivity contribution >= 4 is 64.8 Å². The Morgan fingerprint density at radius 3 is 2.77 bits per heavy atom. The first-order chi connectivity index (χ1) is 20.5. The number of carboxylic acid groups (broad SMARTS) is 2. The van der Waals surface area contributed by atoms with Crippen molar-refractivity contribution in [2.45, 2.75) is 62.1 Å². The predicted octanol–water partition coefficient (Wildman–Crippen LogP) is 2.20. The van der Waals surface area contributed by atoms with Crippen molar-refractivity contribution in [1.82, 2.24) is 30.9 Å². The highest BCUT2D eigenvalue weighted by Gasteiger charge is 2.54. The SMILES string of the molecule is CCCCC(=O)ONCc1nc(SCC2=C(C(=O)O)N3C(=O)C(NC(=O)C(C(=O)O)c4cc(C)ccc4Cl)[C@H]3SC2)n[nH]1. The van der Waals surface area contributed by atoms with Gasteiger partial charge >= 0.3 is 17.9 Å². The van der Waals surface area contributed by atoms with E-state index in [0.717, 1.165) is 29.5 Å². The molecule has 0 bridgehead atoms. The zero-order chi connectivity index (χ0) is 31.3. The van der Waals surface area contributed by atoms with Gasteiger partial charge in [0.15, 0.2) is 5.92 Å². The summed E-state index contributed by atoms with van der Waals surface area (Å²) in [6.45, 7) is 3.79. The number of carbonyl (C=O) groups excluding carboxylic acids is 3. The van der Waals surface area contributed by atoms with Gasteiger partial charge in [0.2, 0.25) is 11.1 Å². The Balaban J connectivity index is 1.38. The average molecular weight is 653 g/mol. The summed E-state index contributed by atoms with van der Waals surface area (Å²) in [4.78, 5) is 72.2. The number of β-lactam (4-membered cyclic amide) rings is 1. The van der Waals surface area contributed by atoms with Gasteiger partial charge in [0.05, 0.1) is 6.54 Å². The summed E-state index contributed by atoms with van der Waals surface area (Å²) in [5.74, 6) is -5.54. The number of benzene rings is 1. The second-order valence-corrected chi connectivity index (χ2v) is 12.2. The van der Waals surface area contributed by atoms with Gasteiger partial charge in [-0.15, -0.1) is 22.3 Å². The molecule has 0 spiro atoms. The summed E-state index contributed by atoms with van der Waals surface area (Å²) in [7, 11) is 0. The first kappa shape index (κ1) is 32.3. The Labute approximate surface area is 259 Å². The minimum absolute atomic E-state index is 0.0935. The molecule has 1 saturated heterocycles. The topological polar surface area (TPSA) is 204 Å². The van der Waals surface area contributed by atoms with E-state index < -0.39 is 41.1 Å². The number of nitrogens with one attached hydrogen (secondary N) is 3. The van der Waals surface area contributed by atoms with Gasteiger partial charge in [0.1, 0.15) is 22.9 Å². The van der Waals surface area contributed by atoms with E-state index in [1.54, 1.807) is 13.0 Å². The van der Waals surface area contributed by atoms with E-state index in [1.807, 2.05) is 6.92 Å². The van der Waals surface area contributed by atoms with Crippen LogP contribution in [-0.4, -0.2) is 82.9 Å². The second-order valence-electron chi connectivity index (χ2n) is 9.70. The number of nitrogens with zero attached hydrogens (tertiary/aromatic N) is 3. The molecule has 1 aromatic carbocycles. The molecule has 2 aliphatic heterocycles. The van der Waals surface area contributed by atoms with Crippen molar-refractivity contribution < 1.29 is 39.0 Å². The van der Waals surface area contributed by atoms with E-state index in [0.29, 0.717) is 28.5 Å². The molecule has 3 atom stereocenters. The summed E-state index contributed by atoms with van der Waals surface area (Å²) in [6, 6.07) is 3.56. The Morgan fingerprint density at radius 2 is 2.07 bits per heavy atom. The Morgan fingerprint density at radius 1 is 1.30 bits per heavy atom. The molecule has 0 radical (unpaired) electrons. The number of hydrogen-bond acceptors (Lipinski definition) is 11. The van der Waals surface area contributed by atoms with Gasteiger partial charge in [0, 0.05) is 22.9 Å². The highest BCUT2D eigenvalue weighted by Crippen LogP contribution is 2.41. The van der Waals surface area contributed by atoms with E-state index in [1.165, 1.54) is 23.9 Å². The lowest BCUT2D eigenvalue weighted by Gasteiger charge is -2.49. The molecule has 2 aromatic rings. The van der Waals surface area contributed by atoms with Crippen molar-refractivity contribution in [3.05, 3.63) is 51.4 Å². The van der Waals surface area contributed by atoms with Crippen LogP contribution in [0, 0.1) is 6.92 Å². The van der Waals surface area contributed by atoms with Crippen LogP contribution in [0.3, 0.4) is 0 Å². The number of amides is 2. The lowest BCUT2D eigenvalue weighted by atomic mass is 9.95. The van der Waals surface area contributed by atoms with Crippen LogP contribution in [0.25, 0.3) is 0 Å². The Kier molecular flexibility index (Phi) is 10.7. The molecule has 43 heavy (non-hydrogen) atoms. The zero-order valence-electron chi connectivity index (χ0n) is 23.1. The lowest BCUT2D eigenvalue weighted by molar-refractivity contribution is -0.152. The van der Waals surface area contributed by atoms with Gasteiger partial charge < -0.3 is 20.4 Å². The molecule has 0 aliphatic carbocycles. The predicted molar refractivity (Wildman–Crippen MR) is 156 cm³/mol. The molecule has 2 unspecified atom stereocenters. The number of unbranched alkanes of at least 4 members (excludes halogenated alkanes) is 1. The fourth-order valence-corrected chi connectivity index (χ4v) is 6.96. The molecule has 3 heterocycles. The first-order valence-electron chi connectivity index (χ1n) is 13.2. The fraction of sp³-hybridized carbons (Fsp3) is 0.423. The van der Waals surface area contributed by atoms with Crippen molar-refractivity contribution in [3.63, 3.8) is 0 Å². The number of H-pyrrole nitrogens is 1. The van der Waals surface area contributed by atoms with E-state index in [-0.39, 0.29) is 40.3 Å². The van der Waals surface area contributed by atoms with Crippen LogP contribution in [0.4, 0.5) is 0 Å². The Bertz CT molecular complexity index is 1470. The summed E-state index contributed by atoms with van der Waals surface area (Å²) in [5.41, 5.74) is 3.59. The number of hydroxylamine groups is 1. The maximum absolute atomic E-state index is 13.1. The lowest BCUT2D eigenvalue weighted by Crippen LogP contribution is -2.71. The number of aromatic amines is 1. The van der Waals surface area contributed by atoms with Gasteiger partial charge in [-0.05, 0) is 30.5 Å². The van der Waals surface area contributed by atoms with Crippen molar-refractivity contribution in [3.8, 4) is 0 Å². The molecule has 2 aliphatic rings. The average Bonchev–Trinajstić information content (AvgIpc) is 3.42. The second kappa shape index (κ2) is 14.2. The highest BCUT2D eigenvalue weighted by molar-refractivity contribution is 8.01. The molecule has 0 saturated carbocycles. The van der Waals surface area contributed by atoms with Gasteiger partial charge in [0.25, 0.3) is 5.91 Å². The number of rotatable bonds is 14. The summed E-state index contributed by atoms with van der Waals surface area (Å²) < 4.78 is 0. The maximum Gasteiger partial charge on any atom is 0.352 e. The number of aromatic nitrogens is 3. The molecule has 2 amide bonds. The number of carbonyl (C=O) groups is 5. The number of halogens is 1. The van der Waals surface area contributed by atoms with Crippen LogP contribution in [0.5, 0.6) is 0 Å². The van der Waals surface area contributed by atoms with Crippen molar-refractivity contribution in [2.75, 3.05) is 11.5 Å². The summed E-state index contributed by atoms with van der Waals surface area (Å²) >= 11 is 8.58. The third kappa shape index (κ3) is 7.49. The van der Waals surface area contributed by atoms with Crippen LogP contribution < -0.4 is 10.8 Å². The third-order valence-corrected chi connectivity index (χ3v) is 9.18. The number of carboxylic acids is 2. The molecule has 1 aromatic heterocycles. The van der Waals surface area contributed by atoms with Crippen LogP contribution in [0.2, 0.25) is 5.02 Å². The molecule has 14 nitrogen and oxygen atoms in total. The van der Waals surface area contributed by atoms with Crippen molar-refractivity contribution in [1.29, 1.82) is 0 Å². The summed E-state index contributed by atoms with van der Waals surface area (Å²) in [5, 5.41) is 28.7. The Hall–Kier alpha value is -3.60. The highest BCUT2D eigenvalue weighted by atomic mass is 35.5. The number of hydrogen-bond donors (Lipinski definition) is 5. The molecular weight excluding hydrogens is 624 g/mol. The number of fused-ring (bicyclic) bond motifs is 1. The van der Waals surface area contributed by atoms with Gasteiger partial charge in [-0.2, -0.15) is 0 Å². The quantitative estimate of drug-likeness (QED) is 0.0860. The van der Waals surface area contributed by atoms with Crippen LogP contribution >= 0.6 is 35.1 Å². The number of aryl methyl sites for hydroxylation is 1. The minimum Gasteiger partial charge on any atom is -0.480 e. The number of aliphatic carboxylic acids is 2. The molecule has 5 N–H and O–H groups in total. The van der Waals surface area contributed by atoms with Crippen LogP contribution in [0.15, 0.2) is 34.6 Å². The van der Waals surface area contributed by atoms with E-state index >= 15 is 0 Å². The third-order valence-electron chi connectivity index (χ3n) is 6.57. The molecule has 4 rings (SSSR count). The summed E-state index contributed by atoms with van der Waals surface area (Å²) in [6.07, 6.45) is 1.90. The minimum atomic E-state index is -1.65. The monoisotopic (exact) mass is 652 g/mol. The van der Waals surface area contributed by atoms with Gasteiger partial charge in [-0.25, -0.2) is 9.78 Å². The van der Waals surface area contributed by atoms with Gasteiger partial charge in [-0.3, -0.25) is 29.2 Å². The fourth-order valence-electron chi connectivity index (χ4n) is 4.43. The van der Waals surface area contributed by atoms with E-state index in [9.17, 15) is 34.2 Å². The van der Waals surface area contributed by atoms with Crippen LogP contribution in [0.1, 0.15) is 49.1 Å². The maximum atomic E-state index is 13.1. The molecule has 1 fully saturated rings.